The number of benzene rings is 2. The van der Waals surface area contributed by atoms with E-state index in [4.69, 9.17) is 39.0 Å². The van der Waals surface area contributed by atoms with Gasteiger partial charge in [0, 0.05) is 81.8 Å². The first-order valence-corrected chi connectivity index (χ1v) is 20.1. The number of nitrogens with zero attached hydrogens (tertiary/aromatic N) is 8. The average molecular weight is 859 g/mol. The summed E-state index contributed by atoms with van der Waals surface area (Å²) < 4.78 is 33.5. The predicted molar refractivity (Wildman–Crippen MR) is 221 cm³/mol. The highest BCUT2D eigenvalue weighted by molar-refractivity contribution is 6.35. The number of anilines is 4. The standard InChI is InChI=1S/C41H39Cl2F2N11O4/c1-22-12-24(14-30(34(22)43)55-10-7-33(57)50-39(55)60)38(59)53-11-8-40(41(44,45)21-53)19-52(20-40)18-23-13-27(42)35(48-16-23)26-4-3-5-29-25(26)6-9-54(29)32-15-28(47-2)37-49-17-31(36(46)58)56(37)51-32/h3-5,12-17,47H,6-11,18-21H2,1-2H3,(H2,46,58)(H,50,57,60). The van der Waals surface area contributed by atoms with Crippen LogP contribution in [-0.2, 0) is 17.8 Å². The summed E-state index contributed by atoms with van der Waals surface area (Å²) in [7, 11) is 1.77. The molecule has 4 aliphatic rings. The quantitative estimate of drug-likeness (QED) is 0.177. The number of alkyl halides is 2. The highest BCUT2D eigenvalue weighted by Gasteiger charge is 2.62. The van der Waals surface area contributed by atoms with Gasteiger partial charge in [-0.2, -0.15) is 0 Å². The number of carbonyl (C=O) groups excluding carboxylic acids is 4. The number of likely N-dealkylation sites (tertiary alicyclic amines) is 2. The molecule has 19 heteroatoms. The first-order chi connectivity index (χ1) is 28.7. The molecule has 4 N–H and O–H groups in total. The topological polar surface area (TPSA) is 174 Å². The van der Waals surface area contributed by atoms with Gasteiger partial charge in [-0.25, -0.2) is 23.1 Å². The summed E-state index contributed by atoms with van der Waals surface area (Å²) in [6.07, 6.45) is 3.98. The molecule has 5 amide bonds. The van der Waals surface area contributed by atoms with Gasteiger partial charge in [0.05, 0.1) is 45.3 Å². The Hall–Kier alpha value is -5.91. The zero-order valence-electron chi connectivity index (χ0n) is 32.6. The molecule has 4 aliphatic heterocycles. The van der Waals surface area contributed by atoms with Crippen molar-refractivity contribution in [3.63, 3.8) is 0 Å². The van der Waals surface area contributed by atoms with Crippen LogP contribution in [0.3, 0.4) is 0 Å². The number of imide groups is 1. The van der Waals surface area contributed by atoms with Gasteiger partial charge in [-0.3, -0.25) is 34.5 Å². The van der Waals surface area contributed by atoms with E-state index in [9.17, 15) is 19.2 Å². The Bertz CT molecular complexity index is 2650. The van der Waals surface area contributed by atoms with E-state index in [-0.39, 0.29) is 61.0 Å². The van der Waals surface area contributed by atoms with Crippen molar-refractivity contribution >= 4 is 75.5 Å². The van der Waals surface area contributed by atoms with Crippen molar-refractivity contribution in [2.24, 2.45) is 11.1 Å². The van der Waals surface area contributed by atoms with Crippen molar-refractivity contribution in [3.05, 3.63) is 92.9 Å². The molecule has 0 unspecified atom stereocenters. The number of urea groups is 1. The van der Waals surface area contributed by atoms with E-state index >= 15 is 8.78 Å². The zero-order valence-corrected chi connectivity index (χ0v) is 34.1. The molecule has 3 fully saturated rings. The van der Waals surface area contributed by atoms with Crippen LogP contribution in [0, 0.1) is 12.3 Å². The van der Waals surface area contributed by atoms with E-state index in [1.54, 1.807) is 20.2 Å². The second-order valence-corrected chi connectivity index (χ2v) is 16.6. The lowest BCUT2D eigenvalue weighted by atomic mass is 9.69. The maximum Gasteiger partial charge on any atom is 0.328 e. The highest BCUT2D eigenvalue weighted by atomic mass is 35.5. The largest absolute Gasteiger partial charge is 0.385 e. The van der Waals surface area contributed by atoms with E-state index < -0.39 is 41.6 Å². The molecule has 0 aliphatic carbocycles. The summed E-state index contributed by atoms with van der Waals surface area (Å²) in [6, 6.07) is 11.9. The molecule has 3 saturated heterocycles. The lowest BCUT2D eigenvalue weighted by Crippen LogP contribution is -2.70. The normalized spacial score (nSPS) is 18.5. The number of nitrogens with one attached hydrogen (secondary N) is 2. The minimum Gasteiger partial charge on any atom is -0.385 e. The molecule has 60 heavy (non-hydrogen) atoms. The van der Waals surface area contributed by atoms with Crippen LogP contribution >= 0.6 is 23.2 Å². The van der Waals surface area contributed by atoms with Crippen molar-refractivity contribution in [2.45, 2.75) is 38.7 Å². The lowest BCUT2D eigenvalue weighted by molar-refractivity contribution is -0.220. The van der Waals surface area contributed by atoms with Crippen molar-refractivity contribution < 1.29 is 28.0 Å². The average Bonchev–Trinajstić information content (AvgIpc) is 3.84. The van der Waals surface area contributed by atoms with Crippen LogP contribution in [0.15, 0.2) is 54.9 Å². The van der Waals surface area contributed by atoms with E-state index in [0.29, 0.717) is 52.9 Å². The van der Waals surface area contributed by atoms with Crippen LogP contribution in [0.4, 0.5) is 36.5 Å². The Morgan fingerprint density at radius 3 is 2.47 bits per heavy atom. The monoisotopic (exact) mass is 857 g/mol. The van der Waals surface area contributed by atoms with Crippen LogP contribution in [-0.4, -0.2) is 105 Å². The molecular formula is C41H39Cl2F2N11O4. The smallest absolute Gasteiger partial charge is 0.328 e. The number of hydrogen-bond acceptors (Lipinski definition) is 10. The fraction of sp³-hybridized carbons (Fsp3) is 0.341. The molecule has 0 saturated carbocycles. The molecule has 0 radical (unpaired) electrons. The van der Waals surface area contributed by atoms with Crippen LogP contribution in [0.1, 0.15) is 50.4 Å². The van der Waals surface area contributed by atoms with Gasteiger partial charge in [-0.05, 0) is 60.7 Å². The molecule has 1 spiro atoms. The molecule has 5 aromatic rings. The molecule has 0 atom stereocenters. The number of piperidine rings is 1. The van der Waals surface area contributed by atoms with Crippen LogP contribution in [0.25, 0.3) is 16.9 Å². The number of rotatable bonds is 8. The molecule has 9 rings (SSSR count). The number of fused-ring (bicyclic) bond motifs is 2. The number of amides is 5. The minimum atomic E-state index is -3.16. The van der Waals surface area contributed by atoms with Crippen LogP contribution < -0.4 is 26.2 Å². The molecule has 15 nitrogen and oxygen atoms in total. The number of carbonyl (C=O) groups is 4. The Kier molecular flexibility index (Phi) is 9.67. The number of nitrogens with two attached hydrogens (primary N) is 1. The minimum absolute atomic E-state index is 0.0625. The number of hydrogen-bond donors (Lipinski definition) is 3. The highest BCUT2D eigenvalue weighted by Crippen LogP contribution is 2.51. The fourth-order valence-electron chi connectivity index (χ4n) is 8.90. The van der Waals surface area contributed by atoms with Gasteiger partial charge in [0.25, 0.3) is 17.7 Å². The first-order valence-electron chi connectivity index (χ1n) is 19.4. The zero-order chi connectivity index (χ0) is 42.2. The summed E-state index contributed by atoms with van der Waals surface area (Å²) in [5.74, 6) is -4.20. The Morgan fingerprint density at radius 2 is 1.75 bits per heavy atom. The Labute approximate surface area is 352 Å². The van der Waals surface area contributed by atoms with Gasteiger partial charge in [-0.15, -0.1) is 5.10 Å². The molecule has 7 heterocycles. The summed E-state index contributed by atoms with van der Waals surface area (Å²) in [6.45, 7) is 2.42. The van der Waals surface area contributed by atoms with E-state index in [0.717, 1.165) is 27.3 Å². The number of aromatic nitrogens is 4. The molecule has 310 valence electrons. The fourth-order valence-corrected chi connectivity index (χ4v) is 9.41. The van der Waals surface area contributed by atoms with Crippen molar-refractivity contribution in [1.82, 2.24) is 34.7 Å². The van der Waals surface area contributed by atoms with E-state index in [2.05, 4.69) is 20.5 Å². The first kappa shape index (κ1) is 39.5. The summed E-state index contributed by atoms with van der Waals surface area (Å²) in [4.78, 5) is 65.5. The van der Waals surface area contributed by atoms with Gasteiger partial charge in [0.1, 0.15) is 5.69 Å². The van der Waals surface area contributed by atoms with Gasteiger partial charge in [-0.1, -0.05) is 35.3 Å². The van der Waals surface area contributed by atoms with Crippen LogP contribution in [0.2, 0.25) is 10.0 Å². The molecule has 2 aromatic carbocycles. The second kappa shape index (κ2) is 14.7. The Balaban J connectivity index is 0.869. The SMILES string of the molecule is CNc1cc(N2CCc3c(-c4ncc(CN5CC6(CCN(C(=O)c7cc(C)c(Cl)c(N8CCC(=O)NC8=O)c7)CC6(F)F)C5)cc4Cl)cccc32)nn2c(C(N)=O)cnc12. The number of aryl methyl sites for hydroxylation is 1. The summed E-state index contributed by atoms with van der Waals surface area (Å²) >= 11 is 13.4. The molecule has 3 aromatic heterocycles. The third-order valence-electron chi connectivity index (χ3n) is 12.0. The van der Waals surface area contributed by atoms with Gasteiger partial charge >= 0.3 is 6.03 Å². The number of halogens is 4. The number of imidazole rings is 1. The number of primary amides is 1. The Morgan fingerprint density at radius 1 is 0.967 bits per heavy atom. The van der Waals surface area contributed by atoms with Gasteiger partial charge < -0.3 is 20.9 Å². The second-order valence-electron chi connectivity index (χ2n) is 15.8. The van der Waals surface area contributed by atoms with Gasteiger partial charge in [0.15, 0.2) is 11.5 Å². The van der Waals surface area contributed by atoms with Crippen molar-refractivity contribution in [1.29, 1.82) is 0 Å². The van der Waals surface area contributed by atoms with Crippen molar-refractivity contribution in [3.8, 4) is 11.3 Å². The van der Waals surface area contributed by atoms with E-state index in [1.807, 2.05) is 35.2 Å². The third-order valence-corrected chi connectivity index (χ3v) is 12.8. The lowest BCUT2D eigenvalue weighted by Gasteiger charge is -2.57. The summed E-state index contributed by atoms with van der Waals surface area (Å²) in [5.41, 5.74) is 10.7. The maximum absolute atomic E-state index is 16.0. The maximum atomic E-state index is 16.0. The van der Waals surface area contributed by atoms with Gasteiger partial charge in [0.2, 0.25) is 5.91 Å². The number of pyridine rings is 1. The van der Waals surface area contributed by atoms with E-state index in [1.165, 1.54) is 27.7 Å². The third kappa shape index (κ3) is 6.55. The summed E-state index contributed by atoms with van der Waals surface area (Å²) in [5, 5.41) is 10.7. The van der Waals surface area contributed by atoms with Crippen molar-refractivity contribution in [2.75, 3.05) is 61.4 Å². The van der Waals surface area contributed by atoms with Crippen LogP contribution in [0.5, 0.6) is 0 Å². The molecular weight excluding hydrogens is 819 g/mol. The molecule has 0 bridgehead atoms. The predicted octanol–water partition coefficient (Wildman–Crippen LogP) is 5.67.